The number of halogens is 1. The summed E-state index contributed by atoms with van der Waals surface area (Å²) in [6, 6.07) is 6.15. The SMILES string of the molecule is CCOC(=O)Cn1cc(Cc2cn(C)c(SCc3ccc(F)cc3)nc2=O)cnc1=O. The highest BCUT2D eigenvalue weighted by Gasteiger charge is 2.11. The number of aryl methyl sites for hydroxylation is 1. The zero-order valence-corrected chi connectivity index (χ0v) is 17.9. The molecule has 3 rings (SSSR count). The van der Waals surface area contributed by atoms with E-state index in [9.17, 15) is 18.8 Å². The number of rotatable bonds is 8. The Hall–Kier alpha value is -3.27. The second-order valence-electron chi connectivity index (χ2n) is 6.73. The fourth-order valence-electron chi connectivity index (χ4n) is 2.84. The lowest BCUT2D eigenvalue weighted by atomic mass is 10.1. The molecule has 0 fully saturated rings. The Kier molecular flexibility index (Phi) is 7.35. The number of nitrogens with zero attached hydrogens (tertiary/aromatic N) is 4. The third kappa shape index (κ3) is 6.11. The molecular formula is C21H21FN4O4S. The van der Waals surface area contributed by atoms with Crippen molar-refractivity contribution in [2.24, 2.45) is 7.05 Å². The molecule has 0 saturated heterocycles. The van der Waals surface area contributed by atoms with E-state index in [0.717, 1.165) is 10.1 Å². The van der Waals surface area contributed by atoms with Crippen molar-refractivity contribution in [3.63, 3.8) is 0 Å². The van der Waals surface area contributed by atoms with Gasteiger partial charge in [-0.05, 0) is 30.2 Å². The van der Waals surface area contributed by atoms with Crippen LogP contribution in [-0.4, -0.2) is 31.7 Å². The van der Waals surface area contributed by atoms with Crippen molar-refractivity contribution < 1.29 is 13.9 Å². The fourth-order valence-corrected chi connectivity index (χ4v) is 3.73. The maximum absolute atomic E-state index is 13.0. The maximum atomic E-state index is 13.0. The largest absolute Gasteiger partial charge is 0.465 e. The van der Waals surface area contributed by atoms with Gasteiger partial charge in [-0.3, -0.25) is 14.2 Å². The van der Waals surface area contributed by atoms with Crippen molar-refractivity contribution in [2.45, 2.75) is 30.8 Å². The molecule has 8 nitrogen and oxygen atoms in total. The summed E-state index contributed by atoms with van der Waals surface area (Å²) in [4.78, 5) is 44.0. The summed E-state index contributed by atoms with van der Waals surface area (Å²) in [6.45, 7) is 1.65. The summed E-state index contributed by atoms with van der Waals surface area (Å²) < 4.78 is 20.8. The van der Waals surface area contributed by atoms with E-state index in [4.69, 9.17) is 4.74 Å². The van der Waals surface area contributed by atoms with Crippen LogP contribution in [0.15, 0.2) is 57.6 Å². The number of carbonyl (C=O) groups excluding carboxylic acids is 1. The number of hydrogen-bond acceptors (Lipinski definition) is 7. The van der Waals surface area contributed by atoms with Gasteiger partial charge < -0.3 is 9.30 Å². The molecule has 3 aromatic rings. The van der Waals surface area contributed by atoms with Crippen LogP contribution in [-0.2, 0) is 35.3 Å². The Bertz CT molecular complexity index is 1190. The van der Waals surface area contributed by atoms with Gasteiger partial charge in [0, 0.05) is 43.4 Å². The van der Waals surface area contributed by atoms with Crippen LogP contribution in [0.4, 0.5) is 4.39 Å². The van der Waals surface area contributed by atoms with E-state index < -0.39 is 11.7 Å². The van der Waals surface area contributed by atoms with Gasteiger partial charge in [0.25, 0.3) is 5.56 Å². The van der Waals surface area contributed by atoms with Gasteiger partial charge >= 0.3 is 11.7 Å². The number of esters is 1. The molecule has 0 aliphatic rings. The first-order valence-corrected chi connectivity index (χ1v) is 10.5. The highest BCUT2D eigenvalue weighted by Crippen LogP contribution is 2.20. The molecule has 0 amide bonds. The zero-order chi connectivity index (χ0) is 22.4. The van der Waals surface area contributed by atoms with Gasteiger partial charge in [0.15, 0.2) is 5.16 Å². The molecule has 31 heavy (non-hydrogen) atoms. The summed E-state index contributed by atoms with van der Waals surface area (Å²) in [5.74, 6) is -0.293. The van der Waals surface area contributed by atoms with E-state index in [1.54, 1.807) is 36.9 Å². The van der Waals surface area contributed by atoms with Crippen LogP contribution in [0.1, 0.15) is 23.6 Å². The van der Waals surface area contributed by atoms with Crippen LogP contribution in [0.25, 0.3) is 0 Å². The molecule has 0 saturated carbocycles. The molecule has 0 aliphatic carbocycles. The van der Waals surface area contributed by atoms with Gasteiger partial charge in [0.2, 0.25) is 0 Å². The summed E-state index contributed by atoms with van der Waals surface area (Å²) in [5.41, 5.74) is 0.976. The number of hydrogen-bond donors (Lipinski definition) is 0. The average Bonchev–Trinajstić information content (AvgIpc) is 2.73. The second-order valence-corrected chi connectivity index (χ2v) is 7.68. The Morgan fingerprint density at radius 2 is 1.90 bits per heavy atom. The molecule has 1 aromatic carbocycles. The van der Waals surface area contributed by atoms with E-state index in [1.807, 2.05) is 0 Å². The number of aromatic nitrogens is 4. The molecule has 0 bridgehead atoms. The molecular weight excluding hydrogens is 423 g/mol. The van der Waals surface area contributed by atoms with Gasteiger partial charge in [-0.1, -0.05) is 23.9 Å². The maximum Gasteiger partial charge on any atom is 0.348 e. The van der Waals surface area contributed by atoms with Crippen molar-refractivity contribution in [1.29, 1.82) is 0 Å². The zero-order valence-electron chi connectivity index (χ0n) is 17.1. The van der Waals surface area contributed by atoms with E-state index in [1.165, 1.54) is 36.3 Å². The average molecular weight is 444 g/mol. The summed E-state index contributed by atoms with van der Waals surface area (Å²) in [5, 5.41) is 0.531. The van der Waals surface area contributed by atoms with Crippen LogP contribution in [0, 0.1) is 5.82 Å². The quantitative estimate of drug-likeness (QED) is 0.298. The summed E-state index contributed by atoms with van der Waals surface area (Å²) in [7, 11) is 1.78. The second kappa shape index (κ2) is 10.2. The first-order valence-electron chi connectivity index (χ1n) is 9.50. The highest BCUT2D eigenvalue weighted by molar-refractivity contribution is 7.98. The molecule has 0 aliphatic heterocycles. The molecule has 2 heterocycles. The lowest BCUT2D eigenvalue weighted by Gasteiger charge is -2.10. The number of thioether (sulfide) groups is 1. The Morgan fingerprint density at radius 3 is 2.61 bits per heavy atom. The van der Waals surface area contributed by atoms with E-state index in [2.05, 4.69) is 9.97 Å². The first kappa shape index (κ1) is 22.4. The molecule has 0 radical (unpaired) electrons. The monoisotopic (exact) mass is 444 g/mol. The van der Waals surface area contributed by atoms with E-state index in [-0.39, 0.29) is 30.9 Å². The van der Waals surface area contributed by atoms with Crippen LogP contribution in [0.5, 0.6) is 0 Å². The third-order valence-corrected chi connectivity index (χ3v) is 5.43. The fraction of sp³-hybridized carbons (Fsp3) is 0.286. The summed E-state index contributed by atoms with van der Waals surface area (Å²) in [6.07, 6.45) is 4.76. The summed E-state index contributed by atoms with van der Waals surface area (Å²) >= 11 is 1.37. The Labute approximate surface area is 181 Å². The normalized spacial score (nSPS) is 10.8. The molecule has 0 atom stereocenters. The Balaban J connectivity index is 1.74. The van der Waals surface area contributed by atoms with Crippen LogP contribution >= 0.6 is 11.8 Å². The van der Waals surface area contributed by atoms with Crippen molar-refractivity contribution >= 4 is 17.7 Å². The number of ether oxygens (including phenoxy) is 1. The van der Waals surface area contributed by atoms with Gasteiger partial charge in [0.05, 0.1) is 6.61 Å². The Morgan fingerprint density at radius 1 is 1.16 bits per heavy atom. The smallest absolute Gasteiger partial charge is 0.348 e. The minimum Gasteiger partial charge on any atom is -0.465 e. The lowest BCUT2D eigenvalue weighted by molar-refractivity contribution is -0.143. The van der Waals surface area contributed by atoms with Gasteiger partial charge in [-0.2, -0.15) is 4.98 Å². The van der Waals surface area contributed by atoms with Crippen molar-refractivity contribution in [3.8, 4) is 0 Å². The van der Waals surface area contributed by atoms with Crippen LogP contribution in [0.3, 0.4) is 0 Å². The van der Waals surface area contributed by atoms with Crippen molar-refractivity contribution in [3.05, 3.63) is 86.2 Å². The van der Waals surface area contributed by atoms with Crippen molar-refractivity contribution in [1.82, 2.24) is 19.1 Å². The highest BCUT2D eigenvalue weighted by atomic mass is 32.2. The molecule has 0 N–H and O–H groups in total. The molecule has 0 unspecified atom stereocenters. The molecule has 0 spiro atoms. The van der Waals surface area contributed by atoms with Crippen LogP contribution in [0.2, 0.25) is 0 Å². The predicted octanol–water partition coefficient (Wildman–Crippen LogP) is 1.92. The van der Waals surface area contributed by atoms with E-state index >= 15 is 0 Å². The first-order chi connectivity index (χ1) is 14.9. The third-order valence-electron chi connectivity index (χ3n) is 4.31. The van der Waals surface area contributed by atoms with Gasteiger partial charge in [-0.15, -0.1) is 0 Å². The van der Waals surface area contributed by atoms with Gasteiger partial charge in [0.1, 0.15) is 12.4 Å². The topological polar surface area (TPSA) is 96.1 Å². The molecule has 10 heteroatoms. The van der Waals surface area contributed by atoms with Gasteiger partial charge in [-0.25, -0.2) is 14.2 Å². The van der Waals surface area contributed by atoms with Crippen LogP contribution < -0.4 is 11.2 Å². The number of benzene rings is 1. The lowest BCUT2D eigenvalue weighted by Crippen LogP contribution is -2.27. The standard InChI is InChI=1S/C21H21FN4O4S/c1-3-30-18(27)12-26-10-15(9-23-20(26)29)8-16-11-25(2)21(24-19(16)28)31-13-14-4-6-17(22)7-5-14/h4-7,9-11H,3,8,12-13H2,1-2H3. The molecule has 2 aromatic heterocycles. The predicted molar refractivity (Wildman–Crippen MR) is 113 cm³/mol. The van der Waals surface area contributed by atoms with Crippen molar-refractivity contribution in [2.75, 3.05) is 6.61 Å². The molecule has 162 valence electrons. The minimum absolute atomic E-state index is 0.207. The minimum atomic E-state index is -0.574. The number of carbonyl (C=O) groups is 1. The van der Waals surface area contributed by atoms with E-state index in [0.29, 0.717) is 22.0 Å².